The van der Waals surface area contributed by atoms with Gasteiger partial charge in [0.2, 0.25) is 5.88 Å². The molecule has 5 heteroatoms. The summed E-state index contributed by atoms with van der Waals surface area (Å²) >= 11 is 5.79. The molecule has 92 valence electrons. The van der Waals surface area contributed by atoms with Crippen LogP contribution in [-0.4, -0.2) is 40.1 Å². The first kappa shape index (κ1) is 11.2. The summed E-state index contributed by atoms with van der Waals surface area (Å²) in [6, 6.07) is 1.34. The van der Waals surface area contributed by atoms with E-state index in [2.05, 4.69) is 21.9 Å². The number of rotatable bonds is 2. The van der Waals surface area contributed by atoms with E-state index in [1.54, 1.807) is 6.20 Å². The highest BCUT2D eigenvalue weighted by Crippen LogP contribution is 2.35. The molecular formula is C12H16ClN3O. The lowest BCUT2D eigenvalue weighted by Gasteiger charge is -2.35. The molecule has 3 rings (SSSR count). The molecule has 2 aliphatic heterocycles. The van der Waals surface area contributed by atoms with E-state index in [-0.39, 0.29) is 6.10 Å². The van der Waals surface area contributed by atoms with Crippen molar-refractivity contribution in [2.24, 2.45) is 0 Å². The first-order valence-corrected chi connectivity index (χ1v) is 6.46. The van der Waals surface area contributed by atoms with Gasteiger partial charge in [-0.25, -0.2) is 0 Å². The molecule has 0 aromatic carbocycles. The SMILES string of the molecule is CN1C2CCC1CC(Oc1cncc(Cl)n1)C2. The molecule has 0 amide bonds. The van der Waals surface area contributed by atoms with Gasteiger partial charge in [0.25, 0.3) is 0 Å². The number of aromatic nitrogens is 2. The Hall–Kier alpha value is -0.870. The molecule has 2 aliphatic rings. The fraction of sp³-hybridized carbons (Fsp3) is 0.667. The van der Waals surface area contributed by atoms with Crippen molar-refractivity contribution in [3.8, 4) is 5.88 Å². The van der Waals surface area contributed by atoms with Crippen molar-refractivity contribution in [1.29, 1.82) is 0 Å². The van der Waals surface area contributed by atoms with Crippen LogP contribution in [0.2, 0.25) is 5.15 Å². The Bertz CT molecular complexity index is 400. The van der Waals surface area contributed by atoms with Crippen LogP contribution in [0.1, 0.15) is 25.7 Å². The molecule has 0 aliphatic carbocycles. The number of ether oxygens (including phenoxy) is 1. The standard InChI is InChI=1S/C12H16ClN3O/c1-16-8-2-3-9(16)5-10(4-8)17-12-7-14-6-11(13)15-12/h6-10H,2-5H2,1H3. The minimum Gasteiger partial charge on any atom is -0.473 e. The Kier molecular flexibility index (Phi) is 2.92. The number of piperidine rings is 1. The maximum Gasteiger partial charge on any atom is 0.234 e. The Labute approximate surface area is 106 Å². The van der Waals surface area contributed by atoms with E-state index in [1.165, 1.54) is 19.0 Å². The summed E-state index contributed by atoms with van der Waals surface area (Å²) in [7, 11) is 2.22. The van der Waals surface area contributed by atoms with Crippen LogP contribution in [0.25, 0.3) is 0 Å². The molecule has 2 atom stereocenters. The number of halogens is 1. The molecule has 0 N–H and O–H groups in total. The highest BCUT2D eigenvalue weighted by atomic mass is 35.5. The molecule has 2 saturated heterocycles. The normalized spacial score (nSPS) is 32.7. The van der Waals surface area contributed by atoms with E-state index in [0.717, 1.165) is 12.8 Å². The van der Waals surface area contributed by atoms with Gasteiger partial charge < -0.3 is 9.64 Å². The molecule has 1 aromatic rings. The van der Waals surface area contributed by atoms with Crippen molar-refractivity contribution in [1.82, 2.24) is 14.9 Å². The van der Waals surface area contributed by atoms with E-state index in [1.807, 2.05) is 0 Å². The van der Waals surface area contributed by atoms with Crippen molar-refractivity contribution in [2.45, 2.75) is 43.9 Å². The van der Waals surface area contributed by atoms with Gasteiger partial charge in [0, 0.05) is 12.1 Å². The van der Waals surface area contributed by atoms with Crippen LogP contribution in [0.4, 0.5) is 0 Å². The van der Waals surface area contributed by atoms with Crippen LogP contribution < -0.4 is 4.74 Å². The summed E-state index contributed by atoms with van der Waals surface area (Å²) in [4.78, 5) is 10.6. The van der Waals surface area contributed by atoms with Crippen molar-refractivity contribution in [3.63, 3.8) is 0 Å². The minimum absolute atomic E-state index is 0.261. The molecule has 2 fully saturated rings. The van der Waals surface area contributed by atoms with Crippen molar-refractivity contribution in [2.75, 3.05) is 7.05 Å². The molecule has 0 radical (unpaired) electrons. The van der Waals surface area contributed by atoms with Gasteiger partial charge >= 0.3 is 0 Å². The lowest BCUT2D eigenvalue weighted by Crippen LogP contribution is -2.43. The number of fused-ring (bicyclic) bond motifs is 2. The first-order chi connectivity index (χ1) is 8.22. The molecule has 2 unspecified atom stereocenters. The third-order valence-corrected chi connectivity index (χ3v) is 4.11. The zero-order chi connectivity index (χ0) is 11.8. The lowest BCUT2D eigenvalue weighted by atomic mass is 10.0. The zero-order valence-corrected chi connectivity index (χ0v) is 10.6. The minimum atomic E-state index is 0.261. The third kappa shape index (κ3) is 2.24. The second kappa shape index (κ2) is 4.42. The average Bonchev–Trinajstić information content (AvgIpc) is 2.52. The lowest BCUT2D eigenvalue weighted by molar-refractivity contribution is 0.0630. The van der Waals surface area contributed by atoms with Gasteiger partial charge in [0.1, 0.15) is 6.10 Å². The average molecular weight is 254 g/mol. The Morgan fingerprint density at radius 3 is 2.65 bits per heavy atom. The van der Waals surface area contributed by atoms with Crippen LogP contribution in [0.15, 0.2) is 12.4 Å². The summed E-state index contributed by atoms with van der Waals surface area (Å²) < 4.78 is 5.88. The summed E-state index contributed by atoms with van der Waals surface area (Å²) in [5.74, 6) is 0.548. The van der Waals surface area contributed by atoms with E-state index in [9.17, 15) is 0 Å². The fourth-order valence-corrected chi connectivity index (χ4v) is 3.15. The van der Waals surface area contributed by atoms with Crippen LogP contribution in [0.3, 0.4) is 0 Å². The predicted molar refractivity (Wildman–Crippen MR) is 65.3 cm³/mol. The van der Waals surface area contributed by atoms with Gasteiger partial charge in [-0.1, -0.05) is 11.6 Å². The van der Waals surface area contributed by atoms with E-state index in [0.29, 0.717) is 23.1 Å². The zero-order valence-electron chi connectivity index (χ0n) is 9.84. The smallest absolute Gasteiger partial charge is 0.234 e. The Balaban J connectivity index is 1.67. The van der Waals surface area contributed by atoms with E-state index >= 15 is 0 Å². The summed E-state index contributed by atoms with van der Waals surface area (Å²) in [6.45, 7) is 0. The second-order valence-electron chi connectivity index (χ2n) is 4.94. The summed E-state index contributed by atoms with van der Waals surface area (Å²) in [5, 5.41) is 0.387. The molecule has 1 aromatic heterocycles. The van der Waals surface area contributed by atoms with Gasteiger partial charge in [-0.2, -0.15) is 4.98 Å². The molecular weight excluding hydrogens is 238 g/mol. The monoisotopic (exact) mass is 253 g/mol. The fourth-order valence-electron chi connectivity index (χ4n) is 3.01. The van der Waals surface area contributed by atoms with Gasteiger partial charge in [-0.05, 0) is 32.7 Å². The molecule has 4 nitrogen and oxygen atoms in total. The van der Waals surface area contributed by atoms with E-state index < -0.39 is 0 Å². The first-order valence-electron chi connectivity index (χ1n) is 6.08. The highest BCUT2D eigenvalue weighted by molar-refractivity contribution is 6.29. The van der Waals surface area contributed by atoms with E-state index in [4.69, 9.17) is 16.3 Å². The van der Waals surface area contributed by atoms with Crippen LogP contribution in [0.5, 0.6) is 5.88 Å². The van der Waals surface area contributed by atoms with Crippen LogP contribution in [-0.2, 0) is 0 Å². The molecule has 0 saturated carbocycles. The summed E-state index contributed by atoms with van der Waals surface area (Å²) in [6.07, 6.45) is 8.17. The van der Waals surface area contributed by atoms with Crippen molar-refractivity contribution in [3.05, 3.63) is 17.5 Å². The maximum atomic E-state index is 5.88. The predicted octanol–water partition coefficient (Wildman–Crippen LogP) is 2.13. The molecule has 2 bridgehead atoms. The quantitative estimate of drug-likeness (QED) is 0.809. The van der Waals surface area contributed by atoms with Gasteiger partial charge in [0.05, 0.1) is 12.4 Å². The largest absolute Gasteiger partial charge is 0.473 e. The topological polar surface area (TPSA) is 38.2 Å². The Morgan fingerprint density at radius 1 is 1.29 bits per heavy atom. The highest BCUT2D eigenvalue weighted by Gasteiger charge is 2.39. The second-order valence-corrected chi connectivity index (χ2v) is 5.33. The van der Waals surface area contributed by atoms with Gasteiger partial charge in [-0.3, -0.25) is 4.98 Å². The number of hydrogen-bond acceptors (Lipinski definition) is 4. The van der Waals surface area contributed by atoms with Gasteiger partial charge in [-0.15, -0.1) is 0 Å². The third-order valence-electron chi connectivity index (χ3n) is 3.93. The number of nitrogens with zero attached hydrogens (tertiary/aromatic N) is 3. The van der Waals surface area contributed by atoms with Gasteiger partial charge in [0.15, 0.2) is 5.15 Å². The van der Waals surface area contributed by atoms with Crippen LogP contribution >= 0.6 is 11.6 Å². The molecule has 3 heterocycles. The van der Waals surface area contributed by atoms with Crippen molar-refractivity contribution < 1.29 is 4.74 Å². The Morgan fingerprint density at radius 2 is 2.00 bits per heavy atom. The molecule has 17 heavy (non-hydrogen) atoms. The number of hydrogen-bond donors (Lipinski definition) is 0. The maximum absolute atomic E-state index is 5.88. The molecule has 0 spiro atoms. The summed E-state index contributed by atoms with van der Waals surface area (Å²) in [5.41, 5.74) is 0. The van der Waals surface area contributed by atoms with Crippen molar-refractivity contribution >= 4 is 11.6 Å². The van der Waals surface area contributed by atoms with Crippen LogP contribution in [0, 0.1) is 0 Å².